The van der Waals surface area contributed by atoms with E-state index in [-0.39, 0.29) is 12.1 Å². The molecule has 154 valence electrons. The van der Waals surface area contributed by atoms with Crippen molar-refractivity contribution in [2.75, 3.05) is 33.1 Å². The first kappa shape index (κ1) is 20.0. The molecule has 4 rings (SSSR count). The third kappa shape index (κ3) is 4.16. The van der Waals surface area contributed by atoms with E-state index >= 15 is 0 Å². The number of methoxy groups -OCH3 is 1. The number of likely N-dealkylation sites (N-methyl/N-ethyl adjacent to an activating group) is 1. The smallest absolute Gasteiger partial charge is 0.319 e. The van der Waals surface area contributed by atoms with Gasteiger partial charge in [0.25, 0.3) is 0 Å². The number of benzene rings is 3. The van der Waals surface area contributed by atoms with Gasteiger partial charge in [-0.05, 0) is 72.6 Å². The van der Waals surface area contributed by atoms with Gasteiger partial charge < -0.3 is 20.3 Å². The van der Waals surface area contributed by atoms with Crippen LogP contribution in [0.3, 0.4) is 0 Å². The van der Waals surface area contributed by atoms with Crippen LogP contribution in [0.1, 0.15) is 22.7 Å². The first-order valence-corrected chi connectivity index (χ1v) is 10.1. The maximum absolute atomic E-state index is 12.5. The third-order valence-corrected chi connectivity index (χ3v) is 5.63. The molecule has 0 bridgehead atoms. The van der Waals surface area contributed by atoms with E-state index < -0.39 is 0 Å². The summed E-state index contributed by atoms with van der Waals surface area (Å²) < 4.78 is 5.23. The number of carbonyl (C=O) groups excluding carboxylic acids is 1. The van der Waals surface area contributed by atoms with Crippen molar-refractivity contribution in [2.24, 2.45) is 0 Å². The summed E-state index contributed by atoms with van der Waals surface area (Å²) in [5.74, 6) is 0.820. The Balaban J connectivity index is 1.39. The number of nitrogens with zero attached hydrogens (tertiary/aromatic N) is 1. The van der Waals surface area contributed by atoms with Gasteiger partial charge in [0.1, 0.15) is 5.75 Å². The molecular formula is C25H27N3O2. The van der Waals surface area contributed by atoms with Gasteiger partial charge in [0.15, 0.2) is 0 Å². The van der Waals surface area contributed by atoms with Crippen molar-refractivity contribution in [1.82, 2.24) is 10.2 Å². The SMILES string of the molecule is COc1ccc(C(CNC(=O)Nc2ccc3c(c2)Cc2ccccc2-3)N(C)C)cc1. The number of carbonyl (C=O) groups is 1. The van der Waals surface area contributed by atoms with Crippen LogP contribution in [0.25, 0.3) is 11.1 Å². The lowest BCUT2D eigenvalue weighted by Crippen LogP contribution is -2.36. The van der Waals surface area contributed by atoms with Crippen molar-refractivity contribution < 1.29 is 9.53 Å². The number of hydrogen-bond donors (Lipinski definition) is 2. The minimum absolute atomic E-state index is 0.0659. The highest BCUT2D eigenvalue weighted by Crippen LogP contribution is 2.37. The van der Waals surface area contributed by atoms with E-state index in [9.17, 15) is 4.79 Å². The summed E-state index contributed by atoms with van der Waals surface area (Å²) in [7, 11) is 5.67. The van der Waals surface area contributed by atoms with Gasteiger partial charge >= 0.3 is 6.03 Å². The molecule has 1 aliphatic rings. The summed E-state index contributed by atoms with van der Waals surface area (Å²) in [6.45, 7) is 0.502. The standard InChI is InChI=1S/C25H27N3O2/c1-28(2)24(17-8-11-21(30-3)12-9-17)16-26-25(29)27-20-10-13-23-19(15-20)14-18-6-4-5-7-22(18)23/h4-13,15,24H,14,16H2,1-3H3,(H2,26,27,29). The average Bonchev–Trinajstić information content (AvgIpc) is 3.12. The van der Waals surface area contributed by atoms with Crippen LogP contribution in [0.4, 0.5) is 10.5 Å². The Morgan fingerprint density at radius 2 is 1.73 bits per heavy atom. The van der Waals surface area contributed by atoms with Crippen LogP contribution in [0.2, 0.25) is 0 Å². The van der Waals surface area contributed by atoms with Gasteiger partial charge in [0.2, 0.25) is 0 Å². The molecule has 0 radical (unpaired) electrons. The van der Waals surface area contributed by atoms with E-state index in [0.29, 0.717) is 6.54 Å². The molecule has 0 spiro atoms. The molecule has 2 amide bonds. The molecule has 0 aliphatic heterocycles. The zero-order valence-electron chi connectivity index (χ0n) is 17.6. The molecule has 30 heavy (non-hydrogen) atoms. The van der Waals surface area contributed by atoms with Crippen LogP contribution >= 0.6 is 0 Å². The predicted molar refractivity (Wildman–Crippen MR) is 121 cm³/mol. The Morgan fingerprint density at radius 3 is 2.47 bits per heavy atom. The lowest BCUT2D eigenvalue weighted by atomic mass is 10.1. The van der Waals surface area contributed by atoms with E-state index in [0.717, 1.165) is 23.4 Å². The van der Waals surface area contributed by atoms with Gasteiger partial charge in [-0.15, -0.1) is 0 Å². The lowest BCUT2D eigenvalue weighted by Gasteiger charge is -2.25. The average molecular weight is 402 g/mol. The second kappa shape index (κ2) is 8.59. The molecule has 0 saturated carbocycles. The molecule has 1 aliphatic carbocycles. The minimum atomic E-state index is -0.203. The number of nitrogens with one attached hydrogen (secondary N) is 2. The molecule has 0 fully saturated rings. The third-order valence-electron chi connectivity index (χ3n) is 5.63. The highest BCUT2D eigenvalue weighted by atomic mass is 16.5. The summed E-state index contributed by atoms with van der Waals surface area (Å²) >= 11 is 0. The van der Waals surface area contributed by atoms with E-state index in [2.05, 4.69) is 51.9 Å². The second-order valence-electron chi connectivity index (χ2n) is 7.79. The minimum Gasteiger partial charge on any atom is -0.497 e. The van der Waals surface area contributed by atoms with E-state index in [4.69, 9.17) is 4.74 Å². The number of fused-ring (bicyclic) bond motifs is 3. The Hall–Kier alpha value is -3.31. The van der Waals surface area contributed by atoms with Crippen molar-refractivity contribution in [3.63, 3.8) is 0 Å². The molecule has 1 unspecified atom stereocenters. The highest BCUT2D eigenvalue weighted by molar-refractivity contribution is 5.90. The predicted octanol–water partition coefficient (Wildman–Crippen LogP) is 4.69. The molecule has 5 heteroatoms. The summed E-state index contributed by atoms with van der Waals surface area (Å²) in [5, 5.41) is 5.98. The maximum Gasteiger partial charge on any atom is 0.319 e. The lowest BCUT2D eigenvalue weighted by molar-refractivity contribution is 0.243. The number of rotatable bonds is 6. The number of ether oxygens (including phenoxy) is 1. The van der Waals surface area contributed by atoms with E-state index in [1.165, 1.54) is 22.3 Å². The van der Waals surface area contributed by atoms with Crippen LogP contribution in [-0.4, -0.2) is 38.7 Å². The molecule has 1 atom stereocenters. The van der Waals surface area contributed by atoms with Crippen LogP contribution in [0.5, 0.6) is 5.75 Å². The van der Waals surface area contributed by atoms with Crippen molar-refractivity contribution in [3.05, 3.63) is 83.4 Å². The second-order valence-corrected chi connectivity index (χ2v) is 7.79. The molecule has 3 aromatic carbocycles. The van der Waals surface area contributed by atoms with Gasteiger partial charge in [-0.1, -0.05) is 42.5 Å². The number of amides is 2. The first-order chi connectivity index (χ1) is 14.5. The summed E-state index contributed by atoms with van der Waals surface area (Å²) in [6.07, 6.45) is 0.906. The van der Waals surface area contributed by atoms with Crippen LogP contribution in [0.15, 0.2) is 66.7 Å². The summed E-state index contributed by atoms with van der Waals surface area (Å²) in [4.78, 5) is 14.6. The number of urea groups is 1. The Bertz CT molecular complexity index is 1040. The highest BCUT2D eigenvalue weighted by Gasteiger charge is 2.19. The molecule has 0 heterocycles. The number of anilines is 1. The Morgan fingerprint density at radius 1 is 1.00 bits per heavy atom. The van der Waals surface area contributed by atoms with Gasteiger partial charge in [-0.25, -0.2) is 4.79 Å². The quantitative estimate of drug-likeness (QED) is 0.493. The number of hydrogen-bond acceptors (Lipinski definition) is 3. The monoisotopic (exact) mass is 401 g/mol. The van der Waals surface area contributed by atoms with Gasteiger partial charge in [0.05, 0.1) is 13.2 Å². The Labute approximate surface area is 177 Å². The Kier molecular flexibility index (Phi) is 5.72. The molecule has 3 aromatic rings. The van der Waals surface area contributed by atoms with Gasteiger partial charge in [-0.3, -0.25) is 0 Å². The molecular weight excluding hydrogens is 374 g/mol. The van der Waals surface area contributed by atoms with Crippen LogP contribution in [0, 0.1) is 0 Å². The molecule has 2 N–H and O–H groups in total. The zero-order valence-corrected chi connectivity index (χ0v) is 17.6. The van der Waals surface area contributed by atoms with Gasteiger partial charge in [0, 0.05) is 12.2 Å². The molecule has 0 aromatic heterocycles. The fraction of sp³-hybridized carbons (Fsp3) is 0.240. The largest absolute Gasteiger partial charge is 0.497 e. The zero-order chi connectivity index (χ0) is 21.1. The fourth-order valence-corrected chi connectivity index (χ4v) is 4.01. The normalized spacial score (nSPS) is 12.8. The summed E-state index contributed by atoms with van der Waals surface area (Å²) in [5.41, 5.74) is 7.06. The van der Waals surface area contributed by atoms with E-state index in [1.54, 1.807) is 7.11 Å². The molecule has 5 nitrogen and oxygen atoms in total. The first-order valence-electron chi connectivity index (χ1n) is 10.1. The van der Waals surface area contributed by atoms with E-state index in [1.807, 2.05) is 44.4 Å². The van der Waals surface area contributed by atoms with Crippen molar-refractivity contribution in [3.8, 4) is 16.9 Å². The molecule has 0 saturated heterocycles. The van der Waals surface area contributed by atoms with Crippen molar-refractivity contribution in [1.29, 1.82) is 0 Å². The van der Waals surface area contributed by atoms with Gasteiger partial charge in [-0.2, -0.15) is 0 Å². The van der Waals surface area contributed by atoms with Crippen LogP contribution in [-0.2, 0) is 6.42 Å². The van der Waals surface area contributed by atoms with Crippen molar-refractivity contribution >= 4 is 11.7 Å². The van der Waals surface area contributed by atoms with Crippen LogP contribution < -0.4 is 15.4 Å². The van der Waals surface area contributed by atoms with Crippen molar-refractivity contribution in [2.45, 2.75) is 12.5 Å². The topological polar surface area (TPSA) is 53.6 Å². The fourth-order valence-electron chi connectivity index (χ4n) is 4.01. The summed E-state index contributed by atoms with van der Waals surface area (Å²) in [6, 6.07) is 22.4. The maximum atomic E-state index is 12.5.